The lowest BCUT2D eigenvalue weighted by atomic mass is 9.83. The quantitative estimate of drug-likeness (QED) is 0.771. The summed E-state index contributed by atoms with van der Waals surface area (Å²) < 4.78 is 5.38. The van der Waals surface area contributed by atoms with E-state index in [1.165, 1.54) is 0 Å². The minimum Gasteiger partial charge on any atom is -0.444 e. The van der Waals surface area contributed by atoms with Crippen molar-refractivity contribution >= 4 is 6.09 Å². The second-order valence-corrected chi connectivity index (χ2v) is 6.20. The summed E-state index contributed by atoms with van der Waals surface area (Å²) in [6, 6.07) is 0. The number of amides is 1. The molecule has 1 rings (SSSR count). The zero-order chi connectivity index (χ0) is 13.9. The lowest BCUT2D eigenvalue weighted by molar-refractivity contribution is -0.0306. The lowest BCUT2D eigenvalue weighted by Gasteiger charge is -2.39. The number of likely N-dealkylation sites (tertiary alicyclic amines) is 1. The SMILES string of the molecule is CC1CN(C(=O)OC(C)(C)C)CCC1C(C)ON. The molecule has 1 saturated heterocycles. The van der Waals surface area contributed by atoms with Crippen LogP contribution in [0.15, 0.2) is 0 Å². The number of hydrogen-bond acceptors (Lipinski definition) is 4. The molecule has 2 N–H and O–H groups in total. The molecule has 1 aliphatic heterocycles. The highest BCUT2D eigenvalue weighted by atomic mass is 16.6. The Labute approximate surface area is 110 Å². The van der Waals surface area contributed by atoms with Gasteiger partial charge in [-0.05, 0) is 46.0 Å². The van der Waals surface area contributed by atoms with Crippen molar-refractivity contribution in [3.05, 3.63) is 0 Å². The summed E-state index contributed by atoms with van der Waals surface area (Å²) in [5.41, 5.74) is -0.440. The number of ether oxygens (including phenoxy) is 1. The summed E-state index contributed by atoms with van der Waals surface area (Å²) >= 11 is 0. The van der Waals surface area contributed by atoms with Crippen LogP contribution in [0, 0.1) is 11.8 Å². The van der Waals surface area contributed by atoms with Gasteiger partial charge in [-0.25, -0.2) is 10.7 Å². The van der Waals surface area contributed by atoms with Crippen LogP contribution in [0.2, 0.25) is 0 Å². The van der Waals surface area contributed by atoms with Crippen LogP contribution in [0.25, 0.3) is 0 Å². The van der Waals surface area contributed by atoms with E-state index < -0.39 is 5.60 Å². The van der Waals surface area contributed by atoms with Gasteiger partial charge in [-0.3, -0.25) is 0 Å². The summed E-state index contributed by atoms with van der Waals surface area (Å²) in [7, 11) is 0. The third-order valence-electron chi connectivity index (χ3n) is 3.44. The molecule has 0 spiro atoms. The molecule has 3 atom stereocenters. The summed E-state index contributed by atoms with van der Waals surface area (Å²) in [5.74, 6) is 6.00. The Balaban J connectivity index is 2.53. The number of piperidine rings is 1. The summed E-state index contributed by atoms with van der Waals surface area (Å²) in [4.78, 5) is 18.6. The maximum atomic E-state index is 12.0. The van der Waals surface area contributed by atoms with Gasteiger partial charge in [-0.2, -0.15) is 0 Å². The Hall–Kier alpha value is -0.810. The Kier molecular flexibility index (Phi) is 4.99. The number of nitrogens with two attached hydrogens (primary N) is 1. The number of rotatable bonds is 2. The van der Waals surface area contributed by atoms with E-state index in [1.54, 1.807) is 4.90 Å². The van der Waals surface area contributed by atoms with Crippen LogP contribution in [-0.4, -0.2) is 35.8 Å². The van der Waals surface area contributed by atoms with E-state index in [0.29, 0.717) is 24.9 Å². The van der Waals surface area contributed by atoms with Gasteiger partial charge in [0.25, 0.3) is 0 Å². The minimum atomic E-state index is -0.440. The van der Waals surface area contributed by atoms with Crippen LogP contribution in [0.3, 0.4) is 0 Å². The molecule has 106 valence electrons. The molecule has 0 aromatic rings. The maximum Gasteiger partial charge on any atom is 0.410 e. The van der Waals surface area contributed by atoms with Crippen LogP contribution < -0.4 is 5.90 Å². The molecular formula is C13H26N2O3. The van der Waals surface area contributed by atoms with Crippen molar-refractivity contribution in [2.75, 3.05) is 13.1 Å². The monoisotopic (exact) mass is 258 g/mol. The van der Waals surface area contributed by atoms with E-state index in [0.717, 1.165) is 6.42 Å². The smallest absolute Gasteiger partial charge is 0.410 e. The average Bonchev–Trinajstić information content (AvgIpc) is 2.25. The van der Waals surface area contributed by atoms with E-state index >= 15 is 0 Å². The fraction of sp³-hybridized carbons (Fsp3) is 0.923. The van der Waals surface area contributed by atoms with Gasteiger partial charge in [0.1, 0.15) is 5.60 Å². The number of nitrogens with zero attached hydrogens (tertiary/aromatic N) is 1. The molecule has 1 heterocycles. The number of carbonyl (C=O) groups excluding carboxylic acids is 1. The highest BCUT2D eigenvalue weighted by Gasteiger charge is 2.33. The van der Waals surface area contributed by atoms with Crippen molar-refractivity contribution in [1.82, 2.24) is 4.90 Å². The summed E-state index contributed by atoms with van der Waals surface area (Å²) in [6.45, 7) is 11.1. The van der Waals surface area contributed by atoms with Crippen LogP contribution in [-0.2, 0) is 9.57 Å². The maximum absolute atomic E-state index is 12.0. The molecule has 0 bridgehead atoms. The minimum absolute atomic E-state index is 0.0285. The first-order chi connectivity index (χ1) is 8.24. The van der Waals surface area contributed by atoms with Crippen molar-refractivity contribution < 1.29 is 14.4 Å². The number of carbonyl (C=O) groups is 1. The van der Waals surface area contributed by atoms with Gasteiger partial charge in [0, 0.05) is 13.1 Å². The molecule has 0 aromatic carbocycles. The van der Waals surface area contributed by atoms with Gasteiger partial charge < -0.3 is 14.5 Å². The molecule has 5 nitrogen and oxygen atoms in total. The molecular weight excluding hydrogens is 232 g/mol. The summed E-state index contributed by atoms with van der Waals surface area (Å²) in [6.07, 6.45) is 0.702. The fourth-order valence-electron chi connectivity index (χ4n) is 2.45. The Morgan fingerprint density at radius 3 is 2.50 bits per heavy atom. The van der Waals surface area contributed by atoms with Crippen molar-refractivity contribution in [3.63, 3.8) is 0 Å². The topological polar surface area (TPSA) is 64.8 Å². The zero-order valence-electron chi connectivity index (χ0n) is 12.1. The predicted molar refractivity (Wildman–Crippen MR) is 69.8 cm³/mol. The predicted octanol–water partition coefficient (Wildman–Crippen LogP) is 2.16. The molecule has 18 heavy (non-hydrogen) atoms. The van der Waals surface area contributed by atoms with Gasteiger partial charge in [-0.1, -0.05) is 6.92 Å². The van der Waals surface area contributed by atoms with Crippen LogP contribution >= 0.6 is 0 Å². The molecule has 3 unspecified atom stereocenters. The van der Waals surface area contributed by atoms with Crippen LogP contribution in [0.1, 0.15) is 41.0 Å². The normalized spacial score (nSPS) is 26.9. The van der Waals surface area contributed by atoms with Gasteiger partial charge >= 0.3 is 6.09 Å². The van der Waals surface area contributed by atoms with Gasteiger partial charge in [-0.15, -0.1) is 0 Å². The van der Waals surface area contributed by atoms with Crippen molar-refractivity contribution in [1.29, 1.82) is 0 Å². The van der Waals surface area contributed by atoms with Crippen LogP contribution in [0.4, 0.5) is 4.79 Å². The van der Waals surface area contributed by atoms with Gasteiger partial charge in [0.2, 0.25) is 0 Å². The highest BCUT2D eigenvalue weighted by molar-refractivity contribution is 5.68. The van der Waals surface area contributed by atoms with E-state index in [-0.39, 0.29) is 12.2 Å². The second-order valence-electron chi connectivity index (χ2n) is 6.20. The molecule has 0 radical (unpaired) electrons. The van der Waals surface area contributed by atoms with Gasteiger partial charge in [0.05, 0.1) is 6.10 Å². The lowest BCUT2D eigenvalue weighted by Crippen LogP contribution is -2.47. The first-order valence-electron chi connectivity index (χ1n) is 6.58. The van der Waals surface area contributed by atoms with E-state index in [9.17, 15) is 4.79 Å². The standard InChI is InChI=1S/C13H26N2O3/c1-9-8-15(12(16)17-13(3,4)5)7-6-11(9)10(2)18-14/h9-11H,6-8,14H2,1-5H3. The molecule has 1 amide bonds. The van der Waals surface area contributed by atoms with E-state index in [4.69, 9.17) is 15.5 Å². The zero-order valence-corrected chi connectivity index (χ0v) is 12.1. The van der Waals surface area contributed by atoms with Crippen LogP contribution in [0.5, 0.6) is 0 Å². The Morgan fingerprint density at radius 2 is 2.06 bits per heavy atom. The van der Waals surface area contributed by atoms with Crippen molar-refractivity contribution in [2.45, 2.75) is 52.7 Å². The van der Waals surface area contributed by atoms with Crippen molar-refractivity contribution in [3.8, 4) is 0 Å². The summed E-state index contributed by atoms with van der Waals surface area (Å²) in [5, 5.41) is 0. The largest absolute Gasteiger partial charge is 0.444 e. The van der Waals surface area contributed by atoms with E-state index in [1.807, 2.05) is 27.7 Å². The molecule has 0 saturated carbocycles. The molecule has 0 aliphatic carbocycles. The highest BCUT2D eigenvalue weighted by Crippen LogP contribution is 2.28. The van der Waals surface area contributed by atoms with Crippen molar-refractivity contribution in [2.24, 2.45) is 17.7 Å². The Morgan fingerprint density at radius 1 is 1.44 bits per heavy atom. The Bertz CT molecular complexity index is 288. The third-order valence-corrected chi connectivity index (χ3v) is 3.44. The first-order valence-corrected chi connectivity index (χ1v) is 6.58. The second kappa shape index (κ2) is 5.89. The van der Waals surface area contributed by atoms with E-state index in [2.05, 4.69) is 6.92 Å². The fourth-order valence-corrected chi connectivity index (χ4v) is 2.45. The molecule has 0 aromatic heterocycles. The molecule has 1 fully saturated rings. The molecule has 5 heteroatoms. The number of hydrogen-bond donors (Lipinski definition) is 1. The molecule has 1 aliphatic rings. The van der Waals surface area contributed by atoms with Gasteiger partial charge in [0.15, 0.2) is 0 Å². The first kappa shape index (κ1) is 15.2. The average molecular weight is 258 g/mol. The third kappa shape index (κ3) is 4.14.